The van der Waals surface area contributed by atoms with E-state index in [0.717, 1.165) is 25.7 Å². The molecule has 1 rings (SSSR count). The fourth-order valence-electron chi connectivity index (χ4n) is 3.16. The van der Waals surface area contributed by atoms with Gasteiger partial charge in [-0.2, -0.15) is 0 Å². The van der Waals surface area contributed by atoms with Crippen molar-refractivity contribution in [2.75, 3.05) is 0 Å². The lowest BCUT2D eigenvalue weighted by Gasteiger charge is -2.28. The molecule has 0 aromatic rings. The maximum Gasteiger partial charge on any atom is 0.408 e. The smallest absolute Gasteiger partial charge is 0.408 e. The molecule has 26 heavy (non-hydrogen) atoms. The van der Waals surface area contributed by atoms with Gasteiger partial charge in [0.25, 0.3) is 0 Å². The summed E-state index contributed by atoms with van der Waals surface area (Å²) in [6, 6.07) is -0.587. The van der Waals surface area contributed by atoms with E-state index in [-0.39, 0.29) is 30.2 Å². The molecule has 7 nitrogen and oxygen atoms in total. The molecule has 0 spiro atoms. The van der Waals surface area contributed by atoms with Gasteiger partial charge in [0.1, 0.15) is 6.04 Å². The summed E-state index contributed by atoms with van der Waals surface area (Å²) in [4.78, 5) is 36.1. The zero-order valence-electron chi connectivity index (χ0n) is 16.4. The highest BCUT2D eigenvalue weighted by Crippen LogP contribution is 2.18. The van der Waals surface area contributed by atoms with Gasteiger partial charge >= 0.3 is 12.1 Å². The maximum atomic E-state index is 12.6. The number of hydrogen-bond donors (Lipinski definition) is 3. The normalized spacial score (nSPS) is 18.7. The summed E-state index contributed by atoms with van der Waals surface area (Å²) >= 11 is 0. The van der Waals surface area contributed by atoms with Crippen LogP contribution in [0.5, 0.6) is 0 Å². The summed E-state index contributed by atoms with van der Waals surface area (Å²) < 4.78 is 5.06. The van der Waals surface area contributed by atoms with Crippen molar-refractivity contribution in [1.29, 1.82) is 0 Å². The molecule has 0 aliphatic heterocycles. The van der Waals surface area contributed by atoms with Gasteiger partial charge in [-0.05, 0) is 31.1 Å². The molecule has 0 saturated heterocycles. The van der Waals surface area contributed by atoms with Crippen LogP contribution >= 0.6 is 0 Å². The van der Waals surface area contributed by atoms with Gasteiger partial charge in [-0.3, -0.25) is 4.79 Å². The quantitative estimate of drug-likeness (QED) is 0.578. The molecule has 0 radical (unpaired) electrons. The largest absolute Gasteiger partial charge is 0.479 e. The van der Waals surface area contributed by atoms with Gasteiger partial charge < -0.3 is 20.5 Å². The first-order valence-electron chi connectivity index (χ1n) is 9.74. The SMILES string of the molecule is CC[C@H](C)[C@H](NC(=O)O[C@@H](CC(C)C)C(=O)O)C(=O)NC1CCCCC1. The van der Waals surface area contributed by atoms with E-state index in [4.69, 9.17) is 4.74 Å². The highest BCUT2D eigenvalue weighted by Gasteiger charge is 2.30. The van der Waals surface area contributed by atoms with Gasteiger partial charge in [0.2, 0.25) is 12.0 Å². The van der Waals surface area contributed by atoms with Crippen LogP contribution in [0.1, 0.15) is 72.6 Å². The number of hydrogen-bond acceptors (Lipinski definition) is 4. The molecule has 0 heterocycles. The Hall–Kier alpha value is -1.79. The van der Waals surface area contributed by atoms with Crippen molar-refractivity contribution in [3.8, 4) is 0 Å². The molecule has 0 aromatic heterocycles. The summed E-state index contributed by atoms with van der Waals surface area (Å²) in [6.45, 7) is 7.54. The van der Waals surface area contributed by atoms with Crippen LogP contribution in [-0.2, 0) is 14.3 Å². The van der Waals surface area contributed by atoms with Crippen LogP contribution in [-0.4, -0.2) is 41.3 Å². The van der Waals surface area contributed by atoms with Gasteiger partial charge in [-0.25, -0.2) is 9.59 Å². The van der Waals surface area contributed by atoms with E-state index >= 15 is 0 Å². The molecule has 1 fully saturated rings. The highest BCUT2D eigenvalue weighted by molar-refractivity contribution is 5.86. The fourth-order valence-corrected chi connectivity index (χ4v) is 3.16. The third kappa shape index (κ3) is 7.62. The van der Waals surface area contributed by atoms with E-state index < -0.39 is 24.2 Å². The molecule has 1 aliphatic rings. The molecule has 3 N–H and O–H groups in total. The number of carbonyl (C=O) groups is 3. The maximum absolute atomic E-state index is 12.6. The minimum atomic E-state index is -1.21. The fraction of sp³-hybridized carbons (Fsp3) is 0.842. The Morgan fingerprint density at radius 1 is 1.12 bits per heavy atom. The third-order valence-electron chi connectivity index (χ3n) is 4.93. The lowest BCUT2D eigenvalue weighted by molar-refractivity contribution is -0.147. The van der Waals surface area contributed by atoms with E-state index in [9.17, 15) is 19.5 Å². The van der Waals surface area contributed by atoms with Crippen molar-refractivity contribution in [2.24, 2.45) is 11.8 Å². The van der Waals surface area contributed by atoms with Crippen LogP contribution in [0.25, 0.3) is 0 Å². The Morgan fingerprint density at radius 3 is 2.23 bits per heavy atom. The van der Waals surface area contributed by atoms with Crippen molar-refractivity contribution in [3.63, 3.8) is 0 Å². The number of carboxylic acid groups (broad SMARTS) is 1. The predicted molar refractivity (Wildman–Crippen MR) is 98.8 cm³/mol. The van der Waals surface area contributed by atoms with Crippen LogP contribution in [0.15, 0.2) is 0 Å². The molecule has 2 amide bonds. The van der Waals surface area contributed by atoms with Gasteiger partial charge in [0, 0.05) is 6.04 Å². The van der Waals surface area contributed by atoms with Crippen LogP contribution in [0.2, 0.25) is 0 Å². The highest BCUT2D eigenvalue weighted by atomic mass is 16.6. The number of alkyl carbamates (subject to hydrolysis) is 1. The minimum Gasteiger partial charge on any atom is -0.479 e. The summed E-state index contributed by atoms with van der Waals surface area (Å²) in [5, 5.41) is 14.8. The second-order valence-corrected chi connectivity index (χ2v) is 7.71. The van der Waals surface area contributed by atoms with Crippen LogP contribution < -0.4 is 10.6 Å². The number of rotatable bonds is 9. The monoisotopic (exact) mass is 370 g/mol. The van der Waals surface area contributed by atoms with Crippen LogP contribution in [0.3, 0.4) is 0 Å². The Kier molecular flexibility index (Phi) is 9.44. The summed E-state index contributed by atoms with van der Waals surface area (Å²) in [5.74, 6) is -1.41. The van der Waals surface area contributed by atoms with E-state index in [1.54, 1.807) is 0 Å². The van der Waals surface area contributed by atoms with Crippen LogP contribution in [0, 0.1) is 11.8 Å². The van der Waals surface area contributed by atoms with Crippen molar-refractivity contribution in [2.45, 2.75) is 90.8 Å². The summed E-state index contributed by atoms with van der Waals surface area (Å²) in [7, 11) is 0. The second-order valence-electron chi connectivity index (χ2n) is 7.71. The van der Waals surface area contributed by atoms with E-state index in [2.05, 4.69) is 10.6 Å². The number of ether oxygens (including phenoxy) is 1. The summed E-state index contributed by atoms with van der Waals surface area (Å²) in [6.07, 6.45) is 4.17. The van der Waals surface area contributed by atoms with Gasteiger partial charge in [0.15, 0.2) is 0 Å². The molecule has 0 unspecified atom stereocenters. The van der Waals surface area contributed by atoms with Gasteiger partial charge in [-0.15, -0.1) is 0 Å². The molecule has 0 aromatic carbocycles. The zero-order valence-corrected chi connectivity index (χ0v) is 16.4. The molecule has 1 aliphatic carbocycles. The number of carbonyl (C=O) groups excluding carboxylic acids is 2. The van der Waals surface area contributed by atoms with E-state index in [1.165, 1.54) is 6.42 Å². The predicted octanol–water partition coefficient (Wildman–Crippen LogP) is 3.08. The van der Waals surface area contributed by atoms with Crippen molar-refractivity contribution in [3.05, 3.63) is 0 Å². The second kappa shape index (κ2) is 11.0. The first kappa shape index (κ1) is 22.3. The Balaban J connectivity index is 2.68. The number of nitrogens with one attached hydrogen (secondary N) is 2. The zero-order chi connectivity index (χ0) is 19.7. The molecular weight excluding hydrogens is 336 g/mol. The van der Waals surface area contributed by atoms with Crippen molar-refractivity contribution >= 4 is 18.0 Å². The molecule has 150 valence electrons. The average Bonchev–Trinajstić information content (AvgIpc) is 2.58. The standard InChI is InChI=1S/C19H34N2O5/c1-5-13(4)16(17(22)20-14-9-7-6-8-10-14)21-19(25)26-15(18(23)24)11-12(2)3/h12-16H,5-11H2,1-4H3,(H,20,22)(H,21,25)(H,23,24)/t13-,15-,16-/m0/s1. The van der Waals surface area contributed by atoms with Gasteiger partial charge in [0.05, 0.1) is 0 Å². The molecule has 7 heteroatoms. The lowest BCUT2D eigenvalue weighted by atomic mass is 9.93. The molecule has 1 saturated carbocycles. The lowest BCUT2D eigenvalue weighted by Crippen LogP contribution is -2.53. The third-order valence-corrected chi connectivity index (χ3v) is 4.93. The van der Waals surface area contributed by atoms with Crippen LogP contribution in [0.4, 0.5) is 4.79 Å². The number of aliphatic carboxylic acids is 1. The summed E-state index contributed by atoms with van der Waals surface area (Å²) in [5.41, 5.74) is 0. The first-order valence-corrected chi connectivity index (χ1v) is 9.74. The Labute approximate surface area is 156 Å². The molecule has 0 bridgehead atoms. The minimum absolute atomic E-state index is 0.0730. The number of carboxylic acids is 1. The topological polar surface area (TPSA) is 105 Å². The average molecular weight is 370 g/mol. The van der Waals surface area contributed by atoms with Gasteiger partial charge in [-0.1, -0.05) is 53.4 Å². The molecule has 3 atom stereocenters. The van der Waals surface area contributed by atoms with E-state index in [1.807, 2.05) is 27.7 Å². The Bertz CT molecular complexity index is 475. The van der Waals surface area contributed by atoms with Crippen molar-refractivity contribution in [1.82, 2.24) is 10.6 Å². The number of amides is 2. The Morgan fingerprint density at radius 2 is 1.73 bits per heavy atom. The van der Waals surface area contributed by atoms with Crippen molar-refractivity contribution < 1.29 is 24.2 Å². The molecular formula is C19H34N2O5. The first-order chi connectivity index (χ1) is 12.2. The van der Waals surface area contributed by atoms with E-state index in [0.29, 0.717) is 6.42 Å².